The van der Waals surface area contributed by atoms with Gasteiger partial charge >= 0.3 is 5.97 Å². The van der Waals surface area contributed by atoms with Gasteiger partial charge in [-0.05, 0) is 19.4 Å². The molecule has 0 saturated carbocycles. The average Bonchev–Trinajstić information content (AvgIpc) is 2.50. The van der Waals surface area contributed by atoms with Crippen LogP contribution >= 0.6 is 0 Å². The molecule has 0 saturated heterocycles. The van der Waals surface area contributed by atoms with E-state index in [4.69, 9.17) is 4.74 Å². The van der Waals surface area contributed by atoms with Gasteiger partial charge in [0.1, 0.15) is 0 Å². The van der Waals surface area contributed by atoms with Crippen molar-refractivity contribution >= 4 is 21.9 Å². The van der Waals surface area contributed by atoms with E-state index >= 15 is 0 Å². The molecule has 9 heteroatoms. The fraction of sp³-hybridized carbons (Fsp3) is 0.467. The third-order valence-electron chi connectivity index (χ3n) is 2.94. The summed E-state index contributed by atoms with van der Waals surface area (Å²) in [5.41, 5.74) is 0.395. The zero-order valence-electron chi connectivity index (χ0n) is 13.6. The Morgan fingerprint density at radius 3 is 2.38 bits per heavy atom. The Kier molecular flexibility index (Phi) is 7.83. The highest BCUT2D eigenvalue weighted by Crippen LogP contribution is 2.12. The molecule has 0 aromatic heterocycles. The maximum atomic E-state index is 11.8. The molecule has 1 unspecified atom stereocenters. The Morgan fingerprint density at radius 1 is 1.21 bits per heavy atom. The van der Waals surface area contributed by atoms with Gasteiger partial charge < -0.3 is 15.2 Å². The first-order valence-corrected chi connectivity index (χ1v) is 9.02. The summed E-state index contributed by atoms with van der Waals surface area (Å²) in [5, 5.41) is 11.5. The van der Waals surface area contributed by atoms with Gasteiger partial charge in [-0.2, -0.15) is 0 Å². The fourth-order valence-electron chi connectivity index (χ4n) is 1.79. The largest absolute Gasteiger partial charge is 0.479 e. The number of carbonyl (C=O) groups is 2. The first-order chi connectivity index (χ1) is 11.2. The van der Waals surface area contributed by atoms with E-state index in [1.54, 1.807) is 44.2 Å². The summed E-state index contributed by atoms with van der Waals surface area (Å²) in [5.74, 6) is -2.25. The molecule has 1 aromatic rings. The predicted molar refractivity (Wildman–Crippen MR) is 87.8 cm³/mol. The summed E-state index contributed by atoms with van der Waals surface area (Å²) in [4.78, 5) is 23.1. The quantitative estimate of drug-likeness (QED) is 0.552. The molecular weight excluding hydrogens is 336 g/mol. The maximum Gasteiger partial charge on any atom is 0.330 e. The molecule has 1 aromatic carbocycles. The van der Waals surface area contributed by atoms with Gasteiger partial charge in [0.15, 0.2) is 6.04 Å². The number of nitrogens with one attached hydrogen (secondary N) is 2. The Hall–Kier alpha value is -1.97. The van der Waals surface area contributed by atoms with Crippen LogP contribution in [0.1, 0.15) is 25.5 Å². The monoisotopic (exact) mass is 358 g/mol. The van der Waals surface area contributed by atoms with Crippen LogP contribution in [0.3, 0.4) is 0 Å². The minimum Gasteiger partial charge on any atom is -0.479 e. The molecule has 3 N–H and O–H groups in total. The van der Waals surface area contributed by atoms with E-state index in [1.165, 1.54) is 0 Å². The van der Waals surface area contributed by atoms with E-state index in [-0.39, 0.29) is 18.5 Å². The van der Waals surface area contributed by atoms with Gasteiger partial charge in [-0.3, -0.25) is 4.79 Å². The molecule has 0 spiro atoms. The number of ether oxygens (including phenoxy) is 1. The highest BCUT2D eigenvalue weighted by Gasteiger charge is 2.22. The number of amides is 1. The predicted octanol–water partition coefficient (Wildman–Crippen LogP) is 0.273. The zero-order valence-corrected chi connectivity index (χ0v) is 14.4. The van der Waals surface area contributed by atoms with Crippen molar-refractivity contribution in [3.8, 4) is 0 Å². The van der Waals surface area contributed by atoms with Crippen LogP contribution < -0.4 is 10.0 Å². The SMILES string of the molecule is CC(C)OCCS(=O)(=O)NCC(=O)NC(C(=O)O)c1ccccc1. The summed E-state index contributed by atoms with van der Waals surface area (Å²) in [7, 11) is -3.68. The first-order valence-electron chi connectivity index (χ1n) is 7.37. The van der Waals surface area contributed by atoms with Gasteiger partial charge in [0.25, 0.3) is 0 Å². The number of aliphatic carboxylic acids is 1. The zero-order chi connectivity index (χ0) is 18.2. The van der Waals surface area contributed by atoms with Crippen molar-refractivity contribution in [3.63, 3.8) is 0 Å². The summed E-state index contributed by atoms with van der Waals surface area (Å²) in [6, 6.07) is 6.90. The third-order valence-corrected chi connectivity index (χ3v) is 4.23. The van der Waals surface area contributed by atoms with Crippen LogP contribution in [0.2, 0.25) is 0 Å². The van der Waals surface area contributed by atoms with Gasteiger partial charge in [0.2, 0.25) is 15.9 Å². The molecule has 0 aliphatic rings. The lowest BCUT2D eigenvalue weighted by Crippen LogP contribution is -2.41. The molecule has 0 heterocycles. The molecular formula is C15H22N2O6S. The van der Waals surface area contributed by atoms with Gasteiger partial charge in [-0.25, -0.2) is 17.9 Å². The molecule has 8 nitrogen and oxygen atoms in total. The van der Waals surface area contributed by atoms with Crippen LogP contribution in [0.25, 0.3) is 0 Å². The van der Waals surface area contributed by atoms with E-state index in [9.17, 15) is 23.1 Å². The lowest BCUT2D eigenvalue weighted by atomic mass is 10.1. The number of sulfonamides is 1. The summed E-state index contributed by atoms with van der Waals surface area (Å²) < 4.78 is 30.7. The Balaban J connectivity index is 2.53. The van der Waals surface area contributed by atoms with E-state index in [0.29, 0.717) is 5.56 Å². The van der Waals surface area contributed by atoms with Gasteiger partial charge in [-0.15, -0.1) is 0 Å². The molecule has 1 rings (SSSR count). The van der Waals surface area contributed by atoms with E-state index < -0.39 is 34.5 Å². The number of carbonyl (C=O) groups excluding carboxylic acids is 1. The number of benzene rings is 1. The van der Waals surface area contributed by atoms with Crippen LogP contribution in [0.5, 0.6) is 0 Å². The number of hydrogen-bond donors (Lipinski definition) is 3. The van der Waals surface area contributed by atoms with E-state index in [1.807, 2.05) is 0 Å². The van der Waals surface area contributed by atoms with Crippen molar-refractivity contribution < 1.29 is 27.9 Å². The molecule has 134 valence electrons. The minimum absolute atomic E-state index is 0.0103. The van der Waals surface area contributed by atoms with Gasteiger partial charge in [-0.1, -0.05) is 30.3 Å². The van der Waals surface area contributed by atoms with Crippen molar-refractivity contribution in [2.24, 2.45) is 0 Å². The number of carboxylic acids is 1. The van der Waals surface area contributed by atoms with Gasteiger partial charge in [0.05, 0.1) is 25.0 Å². The molecule has 0 aliphatic heterocycles. The van der Waals surface area contributed by atoms with Crippen molar-refractivity contribution in [2.45, 2.75) is 26.0 Å². The lowest BCUT2D eigenvalue weighted by molar-refractivity contribution is -0.141. The van der Waals surface area contributed by atoms with Crippen molar-refractivity contribution in [2.75, 3.05) is 18.9 Å². The van der Waals surface area contributed by atoms with Crippen molar-refractivity contribution in [1.82, 2.24) is 10.0 Å². The first kappa shape index (κ1) is 20.1. The highest BCUT2D eigenvalue weighted by molar-refractivity contribution is 7.89. The van der Waals surface area contributed by atoms with E-state index in [0.717, 1.165) is 0 Å². The molecule has 0 radical (unpaired) electrons. The molecule has 1 atom stereocenters. The summed E-state index contributed by atoms with van der Waals surface area (Å²) >= 11 is 0. The summed E-state index contributed by atoms with van der Waals surface area (Å²) in [6.45, 7) is 3.03. The van der Waals surface area contributed by atoms with Crippen LogP contribution in [0.15, 0.2) is 30.3 Å². The number of rotatable bonds is 10. The van der Waals surface area contributed by atoms with E-state index in [2.05, 4.69) is 10.0 Å². The topological polar surface area (TPSA) is 122 Å². The lowest BCUT2D eigenvalue weighted by Gasteiger charge is -2.15. The number of carboxylic acid groups (broad SMARTS) is 1. The maximum absolute atomic E-state index is 11.8. The standard InChI is InChI=1S/C15H22N2O6S/c1-11(2)23-8-9-24(21,22)16-10-13(18)17-14(15(19)20)12-6-4-3-5-7-12/h3-7,11,14,16H,8-10H2,1-2H3,(H,17,18)(H,19,20). The Bertz CT molecular complexity index is 645. The van der Waals surface area contributed by atoms with Crippen LogP contribution in [-0.2, 0) is 24.3 Å². The fourth-order valence-corrected chi connectivity index (χ4v) is 2.60. The molecule has 0 fully saturated rings. The normalized spacial score (nSPS) is 12.8. The smallest absolute Gasteiger partial charge is 0.330 e. The third kappa shape index (κ3) is 7.53. The van der Waals surface area contributed by atoms with Crippen molar-refractivity contribution in [3.05, 3.63) is 35.9 Å². The highest BCUT2D eigenvalue weighted by atomic mass is 32.2. The van der Waals surface area contributed by atoms with Gasteiger partial charge in [0, 0.05) is 0 Å². The second-order valence-electron chi connectivity index (χ2n) is 5.31. The molecule has 0 bridgehead atoms. The minimum atomic E-state index is -3.68. The molecule has 24 heavy (non-hydrogen) atoms. The molecule has 1 amide bonds. The van der Waals surface area contributed by atoms with Crippen LogP contribution in [-0.4, -0.2) is 50.4 Å². The summed E-state index contributed by atoms with van der Waals surface area (Å²) in [6.07, 6.45) is -0.0919. The van der Waals surface area contributed by atoms with Crippen LogP contribution in [0, 0.1) is 0 Å². The second-order valence-corrected chi connectivity index (χ2v) is 7.24. The Morgan fingerprint density at radius 2 is 1.83 bits per heavy atom. The van der Waals surface area contributed by atoms with Crippen molar-refractivity contribution in [1.29, 1.82) is 0 Å². The number of hydrogen-bond acceptors (Lipinski definition) is 5. The molecule has 0 aliphatic carbocycles. The Labute approximate surface area is 141 Å². The second kappa shape index (κ2) is 9.36. The average molecular weight is 358 g/mol. The van der Waals surface area contributed by atoms with Crippen LogP contribution in [0.4, 0.5) is 0 Å².